The van der Waals surface area contributed by atoms with E-state index in [2.05, 4.69) is 34.1 Å². The second-order valence-electron chi connectivity index (χ2n) is 5.02. The summed E-state index contributed by atoms with van der Waals surface area (Å²) in [6, 6.07) is 11.9. The van der Waals surface area contributed by atoms with Crippen LogP contribution < -0.4 is 0 Å². The van der Waals surface area contributed by atoms with Gasteiger partial charge in [-0.1, -0.05) is 54.0 Å². The Bertz CT molecular complexity index is 590. The number of benzene rings is 2. The topological polar surface area (TPSA) is 26.3 Å². The second-order valence-corrected chi connectivity index (χ2v) is 5.58. The first-order valence-electron chi connectivity index (χ1n) is 6.36. The van der Waals surface area contributed by atoms with E-state index in [9.17, 15) is 4.79 Å². The molecule has 0 heterocycles. The summed E-state index contributed by atoms with van der Waals surface area (Å²) < 4.78 is 5.25. The van der Waals surface area contributed by atoms with Crippen molar-refractivity contribution in [2.75, 3.05) is 6.61 Å². The minimum atomic E-state index is -0.250. The zero-order valence-electron chi connectivity index (χ0n) is 11.2. The number of esters is 1. The summed E-state index contributed by atoms with van der Waals surface area (Å²) >= 11 is 3.44. The van der Waals surface area contributed by atoms with Crippen molar-refractivity contribution >= 4 is 32.7 Å². The lowest BCUT2D eigenvalue weighted by molar-refractivity contribution is 0.0459. The predicted molar refractivity (Wildman–Crippen MR) is 81.7 cm³/mol. The maximum Gasteiger partial charge on any atom is 0.338 e. The average molecular weight is 321 g/mol. The van der Waals surface area contributed by atoms with Gasteiger partial charge < -0.3 is 4.74 Å². The Hall–Kier alpha value is -1.35. The summed E-state index contributed by atoms with van der Waals surface area (Å²) in [5.41, 5.74) is 1.81. The fourth-order valence-corrected chi connectivity index (χ4v) is 2.18. The summed E-state index contributed by atoms with van der Waals surface area (Å²) in [6.45, 7) is 4.50. The van der Waals surface area contributed by atoms with Crippen LogP contribution in [0.4, 0.5) is 0 Å². The van der Waals surface area contributed by atoms with Gasteiger partial charge in [-0.15, -0.1) is 0 Å². The van der Waals surface area contributed by atoms with E-state index < -0.39 is 0 Å². The van der Waals surface area contributed by atoms with E-state index in [1.165, 1.54) is 5.56 Å². The van der Waals surface area contributed by atoms with Crippen LogP contribution in [0.5, 0.6) is 0 Å². The van der Waals surface area contributed by atoms with Crippen LogP contribution in [-0.2, 0) is 10.1 Å². The minimum absolute atomic E-state index is 0.250. The van der Waals surface area contributed by atoms with E-state index in [1.54, 1.807) is 0 Å². The Morgan fingerprint density at radius 3 is 2.58 bits per heavy atom. The van der Waals surface area contributed by atoms with Gasteiger partial charge in [-0.3, -0.25) is 0 Å². The van der Waals surface area contributed by atoms with Gasteiger partial charge in [-0.05, 0) is 34.4 Å². The van der Waals surface area contributed by atoms with Crippen LogP contribution in [0.1, 0.15) is 29.8 Å². The van der Waals surface area contributed by atoms with Crippen molar-refractivity contribution in [1.29, 1.82) is 0 Å². The maximum atomic E-state index is 11.9. The van der Waals surface area contributed by atoms with Crippen LogP contribution in [0.2, 0.25) is 0 Å². The van der Waals surface area contributed by atoms with E-state index >= 15 is 0 Å². The second kappa shape index (κ2) is 6.20. The predicted octanol–water partition coefficient (Wildman–Crippen LogP) is 4.55. The monoisotopic (exact) mass is 320 g/mol. The lowest BCUT2D eigenvalue weighted by Crippen LogP contribution is -2.10. The molecule has 0 atom stereocenters. The molecule has 0 amide bonds. The molecule has 0 saturated carbocycles. The van der Waals surface area contributed by atoms with Crippen molar-refractivity contribution in [1.82, 2.24) is 0 Å². The summed E-state index contributed by atoms with van der Waals surface area (Å²) in [7, 11) is 0. The summed E-state index contributed by atoms with van der Waals surface area (Å²) in [5, 5.41) is 3.01. The van der Waals surface area contributed by atoms with Gasteiger partial charge in [0.2, 0.25) is 0 Å². The molecule has 0 radical (unpaired) electrons. The van der Waals surface area contributed by atoms with Gasteiger partial charge >= 0.3 is 5.97 Å². The van der Waals surface area contributed by atoms with Gasteiger partial charge in [-0.2, -0.15) is 0 Å². The van der Waals surface area contributed by atoms with E-state index in [1.807, 2.05) is 32.0 Å². The van der Waals surface area contributed by atoms with E-state index in [4.69, 9.17) is 4.74 Å². The summed E-state index contributed by atoms with van der Waals surface area (Å²) in [4.78, 5) is 11.9. The molecule has 3 heteroatoms. The molecule has 0 fully saturated rings. The molecule has 0 unspecified atom stereocenters. The zero-order chi connectivity index (χ0) is 13.8. The molecule has 2 aromatic carbocycles. The number of ether oxygens (including phenoxy) is 1. The third-order valence-electron chi connectivity index (χ3n) is 2.84. The van der Waals surface area contributed by atoms with Gasteiger partial charge in [-0.25, -0.2) is 4.79 Å². The molecular formula is C16H17BrO2. The number of fused-ring (bicyclic) bond motifs is 1. The van der Waals surface area contributed by atoms with E-state index in [0.717, 1.165) is 16.1 Å². The van der Waals surface area contributed by atoms with E-state index in [-0.39, 0.29) is 5.97 Å². The molecule has 0 N–H and O–H groups in total. The Labute approximate surface area is 121 Å². The van der Waals surface area contributed by atoms with Gasteiger partial charge in [0.15, 0.2) is 0 Å². The zero-order valence-corrected chi connectivity index (χ0v) is 12.7. The molecule has 19 heavy (non-hydrogen) atoms. The molecule has 0 aromatic heterocycles. The van der Waals surface area contributed by atoms with Crippen molar-refractivity contribution in [2.24, 2.45) is 5.92 Å². The number of carbonyl (C=O) groups is 1. The Kier molecular flexibility index (Phi) is 4.59. The van der Waals surface area contributed by atoms with Crippen LogP contribution >= 0.6 is 15.9 Å². The first-order valence-corrected chi connectivity index (χ1v) is 7.48. The molecule has 2 nitrogen and oxygen atoms in total. The van der Waals surface area contributed by atoms with Crippen LogP contribution in [0.25, 0.3) is 10.8 Å². The van der Waals surface area contributed by atoms with Crippen molar-refractivity contribution in [3.8, 4) is 0 Å². The number of hydrogen-bond acceptors (Lipinski definition) is 2. The highest BCUT2D eigenvalue weighted by Crippen LogP contribution is 2.20. The molecule has 0 spiro atoms. The highest BCUT2D eigenvalue weighted by Gasteiger charge is 2.09. The molecule has 2 aromatic rings. The molecular weight excluding hydrogens is 304 g/mol. The fourth-order valence-electron chi connectivity index (χ4n) is 1.83. The minimum Gasteiger partial charge on any atom is -0.462 e. The first kappa shape index (κ1) is 14.1. The molecule has 100 valence electrons. The third kappa shape index (κ3) is 3.57. The SMILES string of the molecule is CC(C)COC(=O)c1ccc2ccc(CBr)cc2c1. The highest BCUT2D eigenvalue weighted by molar-refractivity contribution is 9.08. The molecule has 0 saturated heterocycles. The molecule has 2 rings (SSSR count). The standard InChI is InChI=1S/C16H17BrO2/c1-11(2)10-19-16(18)14-6-5-13-4-3-12(9-17)7-15(13)8-14/h3-8,11H,9-10H2,1-2H3. The van der Waals surface area contributed by atoms with Crippen molar-refractivity contribution in [3.63, 3.8) is 0 Å². The maximum absolute atomic E-state index is 11.9. The van der Waals surface area contributed by atoms with Gasteiger partial charge in [0, 0.05) is 5.33 Å². The number of halogens is 1. The number of alkyl halides is 1. The molecule has 0 aliphatic carbocycles. The van der Waals surface area contributed by atoms with Gasteiger partial charge in [0.05, 0.1) is 12.2 Å². The Morgan fingerprint density at radius 2 is 1.89 bits per heavy atom. The van der Waals surface area contributed by atoms with Crippen molar-refractivity contribution in [3.05, 3.63) is 47.5 Å². The van der Waals surface area contributed by atoms with Crippen LogP contribution in [-0.4, -0.2) is 12.6 Å². The Morgan fingerprint density at radius 1 is 1.16 bits per heavy atom. The van der Waals surface area contributed by atoms with Crippen molar-refractivity contribution in [2.45, 2.75) is 19.2 Å². The van der Waals surface area contributed by atoms with Crippen LogP contribution in [0.3, 0.4) is 0 Å². The van der Waals surface area contributed by atoms with E-state index in [0.29, 0.717) is 18.1 Å². The summed E-state index contributed by atoms with van der Waals surface area (Å²) in [6.07, 6.45) is 0. The van der Waals surface area contributed by atoms with Crippen LogP contribution in [0.15, 0.2) is 36.4 Å². The summed E-state index contributed by atoms with van der Waals surface area (Å²) in [5.74, 6) is 0.101. The lowest BCUT2D eigenvalue weighted by atomic mass is 10.0. The van der Waals surface area contributed by atoms with Gasteiger partial charge in [0.1, 0.15) is 0 Å². The van der Waals surface area contributed by atoms with Gasteiger partial charge in [0.25, 0.3) is 0 Å². The fraction of sp³-hybridized carbons (Fsp3) is 0.312. The van der Waals surface area contributed by atoms with Crippen LogP contribution in [0, 0.1) is 5.92 Å². The largest absolute Gasteiger partial charge is 0.462 e. The Balaban J connectivity index is 2.27. The first-order chi connectivity index (χ1) is 9.10. The normalized spacial score (nSPS) is 10.9. The number of rotatable bonds is 4. The smallest absolute Gasteiger partial charge is 0.338 e. The lowest BCUT2D eigenvalue weighted by Gasteiger charge is -2.08. The highest BCUT2D eigenvalue weighted by atomic mass is 79.9. The quantitative estimate of drug-likeness (QED) is 0.610. The van der Waals surface area contributed by atoms with Crippen molar-refractivity contribution < 1.29 is 9.53 Å². The number of hydrogen-bond donors (Lipinski definition) is 0. The number of carbonyl (C=O) groups excluding carboxylic acids is 1. The molecule has 0 aliphatic heterocycles. The third-order valence-corrected chi connectivity index (χ3v) is 3.49. The molecule has 0 bridgehead atoms. The molecule has 0 aliphatic rings. The average Bonchev–Trinajstić information content (AvgIpc) is 2.43.